The molecule has 0 saturated carbocycles. The van der Waals surface area contributed by atoms with Crippen molar-refractivity contribution in [1.29, 1.82) is 0 Å². The quantitative estimate of drug-likeness (QED) is 0.690. The van der Waals surface area contributed by atoms with Crippen LogP contribution in [0.25, 0.3) is 0 Å². The highest BCUT2D eigenvalue weighted by molar-refractivity contribution is 5.80. The summed E-state index contributed by atoms with van der Waals surface area (Å²) in [6.07, 6.45) is 0.538. The maximum Gasteiger partial charge on any atom is 0.278 e. The maximum absolute atomic E-state index is 11.9. The van der Waals surface area contributed by atoms with Crippen LogP contribution in [-0.4, -0.2) is 23.4 Å². The molecule has 2 aromatic rings. The third-order valence-electron chi connectivity index (χ3n) is 2.73. The van der Waals surface area contributed by atoms with Gasteiger partial charge in [-0.25, -0.2) is 0 Å². The van der Waals surface area contributed by atoms with Crippen LogP contribution in [0, 0.1) is 0 Å². The van der Waals surface area contributed by atoms with Gasteiger partial charge in [-0.05, 0) is 5.56 Å². The molecule has 0 fully saturated rings. The van der Waals surface area contributed by atoms with Crippen molar-refractivity contribution in [3.8, 4) is 0 Å². The van der Waals surface area contributed by atoms with Crippen LogP contribution >= 0.6 is 0 Å². The van der Waals surface area contributed by atoms with Crippen molar-refractivity contribution in [2.45, 2.75) is 6.54 Å². The zero-order chi connectivity index (χ0) is 14.5. The molecule has 20 heavy (non-hydrogen) atoms. The second-order valence-electron chi connectivity index (χ2n) is 4.20. The van der Waals surface area contributed by atoms with E-state index >= 15 is 0 Å². The fourth-order valence-electron chi connectivity index (χ4n) is 1.77. The largest absolute Gasteiger partial charge is 0.369 e. The van der Waals surface area contributed by atoms with E-state index in [1.54, 1.807) is 0 Å². The molecule has 0 aliphatic carbocycles. The van der Waals surface area contributed by atoms with Gasteiger partial charge < -0.3 is 16.0 Å². The lowest BCUT2D eigenvalue weighted by molar-refractivity contribution is -0.107. The van der Waals surface area contributed by atoms with Crippen molar-refractivity contribution >= 4 is 23.9 Å². The first-order valence-corrected chi connectivity index (χ1v) is 5.97. The number of hydrogen-bond donors (Lipinski definition) is 3. The van der Waals surface area contributed by atoms with Gasteiger partial charge >= 0.3 is 0 Å². The first-order chi connectivity index (χ1) is 9.61. The Balaban J connectivity index is 2.30. The minimum atomic E-state index is -0.470. The van der Waals surface area contributed by atoms with Crippen LogP contribution in [0.2, 0.25) is 0 Å². The van der Waals surface area contributed by atoms with E-state index in [9.17, 15) is 9.59 Å². The minimum absolute atomic E-state index is 0.00592. The fraction of sp³-hybridized carbons (Fsp3) is 0.154. The number of nitrogens with zero attached hydrogens (tertiary/aromatic N) is 2. The summed E-state index contributed by atoms with van der Waals surface area (Å²) in [7, 11) is 1.48. The predicted octanol–water partition coefficient (Wildman–Crippen LogP) is 0.557. The van der Waals surface area contributed by atoms with Gasteiger partial charge in [0, 0.05) is 13.6 Å². The Hall–Kier alpha value is -2.83. The third-order valence-corrected chi connectivity index (χ3v) is 2.73. The van der Waals surface area contributed by atoms with Crippen molar-refractivity contribution in [3.63, 3.8) is 0 Å². The number of aromatic amines is 1. The first-order valence-electron chi connectivity index (χ1n) is 5.97. The average Bonchev–Trinajstić information content (AvgIpc) is 2.45. The molecule has 1 heterocycles. The highest BCUT2D eigenvalue weighted by Gasteiger charge is 2.14. The predicted molar refractivity (Wildman–Crippen MR) is 77.5 cm³/mol. The highest BCUT2D eigenvalue weighted by atomic mass is 16.1. The molecular formula is C13H15N5O2. The molecule has 0 aliphatic rings. The lowest BCUT2D eigenvalue weighted by Gasteiger charge is -2.15. The van der Waals surface area contributed by atoms with Crippen molar-refractivity contribution in [3.05, 3.63) is 46.2 Å². The first kappa shape index (κ1) is 13.6. The lowest BCUT2D eigenvalue weighted by atomic mass is 10.2. The van der Waals surface area contributed by atoms with E-state index in [4.69, 9.17) is 5.73 Å². The number of amides is 1. The molecule has 1 aromatic heterocycles. The molecule has 104 valence electrons. The zero-order valence-corrected chi connectivity index (χ0v) is 11.0. The van der Waals surface area contributed by atoms with E-state index in [0.717, 1.165) is 10.5 Å². The number of aromatic nitrogens is 2. The van der Waals surface area contributed by atoms with Crippen LogP contribution in [0.4, 0.5) is 17.5 Å². The second kappa shape index (κ2) is 5.87. The van der Waals surface area contributed by atoms with E-state index in [0.29, 0.717) is 13.0 Å². The zero-order valence-electron chi connectivity index (χ0n) is 11.0. The van der Waals surface area contributed by atoms with Crippen LogP contribution in [-0.2, 0) is 11.3 Å². The van der Waals surface area contributed by atoms with E-state index in [2.05, 4.69) is 15.3 Å². The number of anilines is 3. The fourth-order valence-corrected chi connectivity index (χ4v) is 1.77. The molecule has 2 rings (SSSR count). The van der Waals surface area contributed by atoms with Gasteiger partial charge in [0.1, 0.15) is 0 Å². The smallest absolute Gasteiger partial charge is 0.278 e. The van der Waals surface area contributed by atoms with Gasteiger partial charge in [0.2, 0.25) is 12.4 Å². The van der Waals surface area contributed by atoms with E-state index in [1.807, 2.05) is 30.3 Å². The number of nitrogens with two attached hydrogens (primary N) is 1. The van der Waals surface area contributed by atoms with Crippen molar-refractivity contribution < 1.29 is 4.79 Å². The number of nitrogens with one attached hydrogen (secondary N) is 2. The summed E-state index contributed by atoms with van der Waals surface area (Å²) in [6.45, 7) is 0.469. The molecule has 0 saturated heterocycles. The molecule has 0 aliphatic heterocycles. The summed E-state index contributed by atoms with van der Waals surface area (Å²) in [5.41, 5.74) is 6.21. The van der Waals surface area contributed by atoms with Crippen molar-refractivity contribution in [2.75, 3.05) is 23.0 Å². The molecule has 4 N–H and O–H groups in total. The summed E-state index contributed by atoms with van der Waals surface area (Å²) < 4.78 is 0. The number of H-pyrrole nitrogens is 1. The standard InChI is InChI=1S/C13H15N5O2/c1-18(8-19)10-11(16-13(14)17-12(10)20)15-7-9-5-3-2-4-6-9/h2-6,8H,7H2,1H3,(H4,14,15,16,17,20). The number of nitrogen functional groups attached to an aromatic ring is 1. The van der Waals surface area contributed by atoms with Crippen LogP contribution in [0.5, 0.6) is 0 Å². The Labute approximate surface area is 115 Å². The molecule has 7 nitrogen and oxygen atoms in total. The molecular weight excluding hydrogens is 258 g/mol. The number of hydrogen-bond acceptors (Lipinski definition) is 5. The topological polar surface area (TPSA) is 104 Å². The SMILES string of the molecule is CN(C=O)c1c(NCc2ccccc2)nc(N)[nH]c1=O. The van der Waals surface area contributed by atoms with Gasteiger partial charge in [0.05, 0.1) is 0 Å². The monoisotopic (exact) mass is 273 g/mol. The molecule has 0 bridgehead atoms. The maximum atomic E-state index is 11.9. The Morgan fingerprint density at radius 3 is 2.75 bits per heavy atom. The number of carbonyl (C=O) groups excluding carboxylic acids is 1. The third kappa shape index (κ3) is 2.94. The number of benzene rings is 1. The summed E-state index contributed by atoms with van der Waals surface area (Å²) >= 11 is 0. The van der Waals surface area contributed by atoms with E-state index in [1.165, 1.54) is 7.05 Å². The molecule has 0 spiro atoms. The van der Waals surface area contributed by atoms with Crippen molar-refractivity contribution in [1.82, 2.24) is 9.97 Å². The normalized spacial score (nSPS) is 10.1. The Morgan fingerprint density at radius 2 is 2.10 bits per heavy atom. The molecule has 0 radical (unpaired) electrons. The average molecular weight is 273 g/mol. The van der Waals surface area contributed by atoms with Crippen LogP contribution in [0.3, 0.4) is 0 Å². The van der Waals surface area contributed by atoms with Gasteiger partial charge in [-0.3, -0.25) is 14.6 Å². The van der Waals surface area contributed by atoms with E-state index < -0.39 is 5.56 Å². The van der Waals surface area contributed by atoms with Gasteiger partial charge in [0.25, 0.3) is 5.56 Å². The van der Waals surface area contributed by atoms with Gasteiger partial charge in [-0.1, -0.05) is 30.3 Å². The Bertz CT molecular complexity index is 654. The lowest BCUT2D eigenvalue weighted by Crippen LogP contribution is -2.27. The van der Waals surface area contributed by atoms with E-state index in [-0.39, 0.29) is 17.5 Å². The Morgan fingerprint density at radius 1 is 1.40 bits per heavy atom. The molecule has 1 aromatic carbocycles. The molecule has 0 unspecified atom stereocenters. The highest BCUT2D eigenvalue weighted by Crippen LogP contribution is 2.18. The number of rotatable bonds is 5. The summed E-state index contributed by atoms with van der Waals surface area (Å²) in [5.74, 6) is 0.262. The van der Waals surface area contributed by atoms with Crippen LogP contribution in [0.15, 0.2) is 35.1 Å². The summed E-state index contributed by atoms with van der Waals surface area (Å²) in [4.78, 5) is 30.3. The molecule has 1 amide bonds. The second-order valence-corrected chi connectivity index (χ2v) is 4.20. The Kier molecular flexibility index (Phi) is 3.99. The van der Waals surface area contributed by atoms with Crippen LogP contribution < -0.4 is 21.5 Å². The van der Waals surface area contributed by atoms with Crippen molar-refractivity contribution in [2.24, 2.45) is 0 Å². The molecule has 7 heteroatoms. The number of carbonyl (C=O) groups is 1. The summed E-state index contributed by atoms with van der Waals surface area (Å²) in [5, 5.41) is 3.01. The minimum Gasteiger partial charge on any atom is -0.369 e. The molecule has 0 atom stereocenters. The van der Waals surface area contributed by atoms with Crippen LogP contribution in [0.1, 0.15) is 5.56 Å². The van der Waals surface area contributed by atoms with Gasteiger partial charge in [-0.2, -0.15) is 4.98 Å². The van der Waals surface area contributed by atoms with Gasteiger partial charge in [-0.15, -0.1) is 0 Å². The summed E-state index contributed by atoms with van der Waals surface area (Å²) in [6, 6.07) is 9.61. The van der Waals surface area contributed by atoms with Gasteiger partial charge in [0.15, 0.2) is 11.5 Å².